The number of nitrogens with two attached hydrogens (primary N) is 2. The van der Waals surface area contributed by atoms with Gasteiger partial charge in [-0.15, -0.1) is 0 Å². The molecular formula is C9H18N2O. The Labute approximate surface area is 73.8 Å². The highest BCUT2D eigenvalue weighted by molar-refractivity contribution is 5.74. The van der Waals surface area contributed by atoms with Crippen LogP contribution in [0.3, 0.4) is 0 Å². The topological polar surface area (TPSA) is 69.1 Å². The smallest absolute Gasteiger partial charge is 0.219 e. The van der Waals surface area contributed by atoms with Gasteiger partial charge in [0.25, 0.3) is 0 Å². The Hall–Kier alpha value is -0.830. The van der Waals surface area contributed by atoms with Crippen molar-refractivity contribution in [2.75, 3.05) is 0 Å². The fourth-order valence-corrected chi connectivity index (χ4v) is 0.893. The summed E-state index contributed by atoms with van der Waals surface area (Å²) in [7, 11) is 0. The van der Waals surface area contributed by atoms with Gasteiger partial charge in [-0.2, -0.15) is 0 Å². The second-order valence-corrected chi connectivity index (χ2v) is 2.90. The number of primary amides is 1. The molecule has 1 atom stereocenters. The van der Waals surface area contributed by atoms with Crippen LogP contribution in [-0.4, -0.2) is 11.9 Å². The molecule has 4 N–H and O–H groups in total. The van der Waals surface area contributed by atoms with E-state index in [0.717, 1.165) is 6.42 Å². The Kier molecular flexibility index (Phi) is 6.38. The standard InChI is InChI=1S/C9H18N2O/c1-2-3-4-5-6-8(10)7-9(11)12/h5-6,8H,2-4,7,10H2,1H3,(H2,11,12)/b6-5+. The van der Waals surface area contributed by atoms with Crippen molar-refractivity contribution in [3.8, 4) is 0 Å². The first-order chi connectivity index (χ1) is 5.66. The maximum absolute atomic E-state index is 10.4. The van der Waals surface area contributed by atoms with Gasteiger partial charge in [-0.3, -0.25) is 4.79 Å². The predicted molar refractivity (Wildman–Crippen MR) is 50.5 cm³/mol. The van der Waals surface area contributed by atoms with Crippen molar-refractivity contribution in [2.24, 2.45) is 11.5 Å². The van der Waals surface area contributed by atoms with Crippen LogP contribution in [0.5, 0.6) is 0 Å². The zero-order valence-corrected chi connectivity index (χ0v) is 7.62. The van der Waals surface area contributed by atoms with E-state index in [2.05, 4.69) is 6.92 Å². The van der Waals surface area contributed by atoms with Gasteiger partial charge in [0.15, 0.2) is 0 Å². The fraction of sp³-hybridized carbons (Fsp3) is 0.667. The van der Waals surface area contributed by atoms with Crippen LogP contribution in [-0.2, 0) is 4.79 Å². The van der Waals surface area contributed by atoms with Gasteiger partial charge in [0, 0.05) is 12.5 Å². The van der Waals surface area contributed by atoms with E-state index in [-0.39, 0.29) is 18.4 Å². The number of amides is 1. The third-order valence-corrected chi connectivity index (χ3v) is 1.54. The first-order valence-corrected chi connectivity index (χ1v) is 4.37. The molecule has 0 heterocycles. The molecule has 12 heavy (non-hydrogen) atoms. The van der Waals surface area contributed by atoms with Crippen LogP contribution in [0.4, 0.5) is 0 Å². The highest BCUT2D eigenvalue weighted by atomic mass is 16.1. The molecule has 0 bridgehead atoms. The minimum Gasteiger partial charge on any atom is -0.370 e. The summed E-state index contributed by atoms with van der Waals surface area (Å²) in [6.45, 7) is 2.14. The van der Waals surface area contributed by atoms with E-state index < -0.39 is 0 Å². The molecular weight excluding hydrogens is 152 g/mol. The Morgan fingerprint density at radius 3 is 2.75 bits per heavy atom. The molecule has 1 amide bonds. The Morgan fingerprint density at radius 1 is 1.58 bits per heavy atom. The van der Waals surface area contributed by atoms with E-state index in [1.54, 1.807) is 0 Å². The Bertz CT molecular complexity index is 155. The summed E-state index contributed by atoms with van der Waals surface area (Å²) < 4.78 is 0. The van der Waals surface area contributed by atoms with Gasteiger partial charge in [0.2, 0.25) is 5.91 Å². The van der Waals surface area contributed by atoms with Gasteiger partial charge in [-0.1, -0.05) is 31.9 Å². The van der Waals surface area contributed by atoms with Crippen molar-refractivity contribution in [1.29, 1.82) is 0 Å². The second kappa shape index (κ2) is 6.85. The van der Waals surface area contributed by atoms with Crippen molar-refractivity contribution >= 4 is 5.91 Å². The number of hydrogen-bond acceptors (Lipinski definition) is 2. The molecule has 0 rings (SSSR count). The van der Waals surface area contributed by atoms with E-state index in [1.165, 1.54) is 12.8 Å². The minimum absolute atomic E-state index is 0.209. The van der Waals surface area contributed by atoms with Crippen molar-refractivity contribution in [1.82, 2.24) is 0 Å². The highest BCUT2D eigenvalue weighted by Crippen LogP contribution is 1.97. The summed E-state index contributed by atoms with van der Waals surface area (Å²) in [5, 5.41) is 0. The van der Waals surface area contributed by atoms with Gasteiger partial charge in [-0.25, -0.2) is 0 Å². The second-order valence-electron chi connectivity index (χ2n) is 2.90. The Morgan fingerprint density at radius 2 is 2.25 bits per heavy atom. The molecule has 0 radical (unpaired) electrons. The van der Waals surface area contributed by atoms with Crippen molar-refractivity contribution in [3.63, 3.8) is 0 Å². The van der Waals surface area contributed by atoms with E-state index in [9.17, 15) is 4.79 Å². The van der Waals surface area contributed by atoms with E-state index in [4.69, 9.17) is 11.5 Å². The summed E-state index contributed by atoms with van der Waals surface area (Å²) in [5.41, 5.74) is 10.5. The van der Waals surface area contributed by atoms with Gasteiger partial charge in [0.1, 0.15) is 0 Å². The lowest BCUT2D eigenvalue weighted by molar-refractivity contribution is -0.118. The molecule has 3 nitrogen and oxygen atoms in total. The van der Waals surface area contributed by atoms with Crippen molar-refractivity contribution < 1.29 is 4.79 Å². The molecule has 0 aliphatic rings. The Balaban J connectivity index is 3.46. The van der Waals surface area contributed by atoms with Crippen LogP contribution < -0.4 is 11.5 Å². The molecule has 3 heteroatoms. The van der Waals surface area contributed by atoms with Crippen LogP contribution in [0.1, 0.15) is 32.6 Å². The highest BCUT2D eigenvalue weighted by Gasteiger charge is 2.00. The van der Waals surface area contributed by atoms with Gasteiger partial charge in [0.05, 0.1) is 0 Å². The third-order valence-electron chi connectivity index (χ3n) is 1.54. The molecule has 0 aliphatic heterocycles. The molecule has 0 aliphatic carbocycles. The molecule has 0 fully saturated rings. The number of hydrogen-bond donors (Lipinski definition) is 2. The fourth-order valence-electron chi connectivity index (χ4n) is 0.893. The van der Waals surface area contributed by atoms with E-state index >= 15 is 0 Å². The molecule has 0 spiro atoms. The lowest BCUT2D eigenvalue weighted by Gasteiger charge is -2.01. The molecule has 0 saturated carbocycles. The molecule has 0 saturated heterocycles. The van der Waals surface area contributed by atoms with Gasteiger partial charge in [-0.05, 0) is 6.42 Å². The molecule has 70 valence electrons. The molecule has 0 aromatic rings. The zero-order chi connectivity index (χ0) is 9.40. The molecule has 1 unspecified atom stereocenters. The average molecular weight is 170 g/mol. The minimum atomic E-state index is -0.345. The van der Waals surface area contributed by atoms with Gasteiger partial charge < -0.3 is 11.5 Å². The van der Waals surface area contributed by atoms with E-state index in [1.807, 2.05) is 12.2 Å². The maximum Gasteiger partial charge on any atom is 0.219 e. The number of rotatable bonds is 6. The van der Waals surface area contributed by atoms with Gasteiger partial charge >= 0.3 is 0 Å². The van der Waals surface area contributed by atoms with Crippen LogP contribution >= 0.6 is 0 Å². The lowest BCUT2D eigenvalue weighted by Crippen LogP contribution is -2.25. The van der Waals surface area contributed by atoms with E-state index in [0.29, 0.717) is 0 Å². The summed E-state index contributed by atoms with van der Waals surface area (Å²) in [6, 6.07) is -0.209. The SMILES string of the molecule is CCCC/C=C/C(N)CC(N)=O. The van der Waals surface area contributed by atoms with Crippen molar-refractivity contribution in [3.05, 3.63) is 12.2 Å². The first kappa shape index (κ1) is 11.2. The number of unbranched alkanes of at least 4 members (excludes halogenated alkanes) is 2. The summed E-state index contributed by atoms with van der Waals surface area (Å²) in [5.74, 6) is -0.345. The quantitative estimate of drug-likeness (QED) is 0.460. The summed E-state index contributed by atoms with van der Waals surface area (Å²) >= 11 is 0. The van der Waals surface area contributed by atoms with Crippen LogP contribution in [0.15, 0.2) is 12.2 Å². The third kappa shape index (κ3) is 7.28. The number of allylic oxidation sites excluding steroid dienone is 1. The van der Waals surface area contributed by atoms with Crippen molar-refractivity contribution in [2.45, 2.75) is 38.6 Å². The predicted octanol–water partition coefficient (Wildman–Crippen LogP) is 0.935. The maximum atomic E-state index is 10.4. The zero-order valence-electron chi connectivity index (χ0n) is 7.62. The normalized spacial score (nSPS) is 13.5. The number of carbonyl (C=O) groups is 1. The lowest BCUT2D eigenvalue weighted by atomic mass is 10.1. The van der Waals surface area contributed by atoms with Crippen LogP contribution in [0, 0.1) is 0 Å². The average Bonchev–Trinajstić information content (AvgIpc) is 1.97. The first-order valence-electron chi connectivity index (χ1n) is 4.37. The molecule has 0 aromatic heterocycles. The largest absolute Gasteiger partial charge is 0.370 e. The van der Waals surface area contributed by atoms with Crippen LogP contribution in [0.25, 0.3) is 0 Å². The monoisotopic (exact) mass is 170 g/mol. The number of carbonyl (C=O) groups excluding carboxylic acids is 1. The summed E-state index contributed by atoms with van der Waals surface area (Å²) in [6.07, 6.45) is 7.47. The molecule has 0 aromatic carbocycles. The summed E-state index contributed by atoms with van der Waals surface area (Å²) in [4.78, 5) is 10.4. The van der Waals surface area contributed by atoms with Crippen LogP contribution in [0.2, 0.25) is 0 Å².